The topological polar surface area (TPSA) is 55.4 Å². The van der Waals surface area contributed by atoms with Crippen LogP contribution in [0.1, 0.15) is 35.6 Å². The van der Waals surface area contributed by atoms with Crippen molar-refractivity contribution < 1.29 is 14.3 Å². The van der Waals surface area contributed by atoms with Gasteiger partial charge < -0.3 is 10.1 Å². The summed E-state index contributed by atoms with van der Waals surface area (Å²) in [6.45, 7) is 2.03. The van der Waals surface area contributed by atoms with Crippen LogP contribution in [0.4, 0.5) is 0 Å². The lowest BCUT2D eigenvalue weighted by Gasteiger charge is -2.18. The van der Waals surface area contributed by atoms with E-state index in [1.807, 2.05) is 55.5 Å². The Morgan fingerprint density at radius 3 is 2.52 bits per heavy atom. The summed E-state index contributed by atoms with van der Waals surface area (Å²) in [4.78, 5) is 24.0. The first kappa shape index (κ1) is 19.2. The third kappa shape index (κ3) is 6.35. The Morgan fingerprint density at radius 2 is 1.88 bits per heavy atom. The number of carbonyl (C=O) groups excluding carboxylic acids is 2. The predicted octanol–water partition coefficient (Wildman–Crippen LogP) is 4.11. The molecule has 0 aromatic heterocycles. The minimum Gasteiger partial charge on any atom is -0.469 e. The predicted molar refractivity (Wildman–Crippen MR) is 101 cm³/mol. The van der Waals surface area contributed by atoms with Gasteiger partial charge in [0.15, 0.2) is 0 Å². The average molecular weight is 404 g/mol. The van der Waals surface area contributed by atoms with Crippen LogP contribution < -0.4 is 5.32 Å². The number of carbonyl (C=O) groups is 2. The van der Waals surface area contributed by atoms with Gasteiger partial charge >= 0.3 is 5.97 Å². The zero-order chi connectivity index (χ0) is 18.2. The second-order valence-electron chi connectivity index (χ2n) is 5.94. The molecule has 1 N–H and O–H groups in total. The SMILES string of the molecule is COC(=O)CC(NC(=O)CCc1ccc(C)cc1)c1cccc(Br)c1. The Balaban J connectivity index is 2.01. The number of aryl methyl sites for hydroxylation is 2. The number of hydrogen-bond donors (Lipinski definition) is 1. The van der Waals surface area contributed by atoms with E-state index in [-0.39, 0.29) is 18.3 Å². The van der Waals surface area contributed by atoms with Crippen molar-refractivity contribution in [3.63, 3.8) is 0 Å². The minimum absolute atomic E-state index is 0.0885. The molecule has 25 heavy (non-hydrogen) atoms. The third-order valence-corrected chi connectivity index (χ3v) is 4.44. The molecule has 5 heteroatoms. The first-order valence-corrected chi connectivity index (χ1v) is 8.94. The maximum atomic E-state index is 12.3. The highest BCUT2D eigenvalue weighted by molar-refractivity contribution is 9.10. The van der Waals surface area contributed by atoms with Gasteiger partial charge in [0.05, 0.1) is 19.6 Å². The molecule has 0 aliphatic heterocycles. The summed E-state index contributed by atoms with van der Waals surface area (Å²) in [5, 5.41) is 2.95. The van der Waals surface area contributed by atoms with Gasteiger partial charge in [0, 0.05) is 10.9 Å². The summed E-state index contributed by atoms with van der Waals surface area (Å²) >= 11 is 3.42. The Kier molecular flexibility index (Phi) is 7.19. The fraction of sp³-hybridized carbons (Fsp3) is 0.300. The fourth-order valence-electron chi connectivity index (χ4n) is 2.50. The number of nitrogens with one attached hydrogen (secondary N) is 1. The van der Waals surface area contributed by atoms with Gasteiger partial charge in [-0.15, -0.1) is 0 Å². The zero-order valence-electron chi connectivity index (χ0n) is 14.4. The number of rotatable bonds is 7. The Hall–Kier alpha value is -2.14. The van der Waals surface area contributed by atoms with Crippen molar-refractivity contribution >= 4 is 27.8 Å². The van der Waals surface area contributed by atoms with Crippen LogP contribution in [0.25, 0.3) is 0 Å². The van der Waals surface area contributed by atoms with Crippen molar-refractivity contribution in [3.05, 3.63) is 69.7 Å². The van der Waals surface area contributed by atoms with Crippen LogP contribution in [0, 0.1) is 6.92 Å². The van der Waals surface area contributed by atoms with E-state index in [1.54, 1.807) is 0 Å². The highest BCUT2D eigenvalue weighted by Gasteiger charge is 2.19. The zero-order valence-corrected chi connectivity index (χ0v) is 16.0. The summed E-state index contributed by atoms with van der Waals surface area (Å²) in [5.74, 6) is -0.446. The van der Waals surface area contributed by atoms with E-state index in [9.17, 15) is 9.59 Å². The van der Waals surface area contributed by atoms with Crippen molar-refractivity contribution in [3.8, 4) is 0 Å². The summed E-state index contributed by atoms with van der Waals surface area (Å²) < 4.78 is 5.65. The Bertz CT molecular complexity index is 728. The molecule has 1 atom stereocenters. The Morgan fingerprint density at radius 1 is 1.16 bits per heavy atom. The van der Waals surface area contributed by atoms with Gasteiger partial charge in [-0.05, 0) is 36.6 Å². The number of hydrogen-bond acceptors (Lipinski definition) is 3. The third-order valence-electron chi connectivity index (χ3n) is 3.95. The van der Waals surface area contributed by atoms with Crippen LogP contribution in [0.2, 0.25) is 0 Å². The maximum Gasteiger partial charge on any atom is 0.307 e. The van der Waals surface area contributed by atoms with E-state index in [2.05, 4.69) is 21.2 Å². The molecular weight excluding hydrogens is 382 g/mol. The first-order valence-electron chi connectivity index (χ1n) is 8.15. The van der Waals surface area contributed by atoms with Gasteiger partial charge in [0.2, 0.25) is 5.91 Å². The Labute approximate surface area is 156 Å². The van der Waals surface area contributed by atoms with Crippen LogP contribution in [0.15, 0.2) is 53.0 Å². The van der Waals surface area contributed by atoms with Gasteiger partial charge in [-0.25, -0.2) is 0 Å². The number of methoxy groups -OCH3 is 1. The summed E-state index contributed by atoms with van der Waals surface area (Å²) in [6, 6.07) is 15.3. The number of amides is 1. The van der Waals surface area contributed by atoms with Crippen LogP contribution in [0.5, 0.6) is 0 Å². The van der Waals surface area contributed by atoms with Crippen LogP contribution >= 0.6 is 15.9 Å². The van der Waals surface area contributed by atoms with Gasteiger partial charge in [-0.2, -0.15) is 0 Å². The van der Waals surface area contributed by atoms with E-state index in [4.69, 9.17) is 4.74 Å². The molecule has 132 valence electrons. The number of halogens is 1. The molecule has 0 radical (unpaired) electrons. The highest BCUT2D eigenvalue weighted by atomic mass is 79.9. The minimum atomic E-state index is -0.407. The smallest absolute Gasteiger partial charge is 0.307 e. The highest BCUT2D eigenvalue weighted by Crippen LogP contribution is 2.21. The number of ether oxygens (including phenoxy) is 1. The van der Waals surface area contributed by atoms with E-state index in [0.717, 1.165) is 15.6 Å². The second kappa shape index (κ2) is 9.37. The molecule has 0 fully saturated rings. The molecule has 0 saturated heterocycles. The molecule has 2 aromatic rings. The van der Waals surface area contributed by atoms with Gasteiger partial charge in [0.1, 0.15) is 0 Å². The molecular formula is C20H22BrNO3. The molecule has 0 heterocycles. The van der Waals surface area contributed by atoms with Crippen LogP contribution in [0.3, 0.4) is 0 Å². The quantitative estimate of drug-likeness (QED) is 0.707. The summed E-state index contributed by atoms with van der Waals surface area (Å²) in [7, 11) is 1.35. The molecule has 2 rings (SSSR count). The van der Waals surface area contributed by atoms with Crippen molar-refractivity contribution in [2.24, 2.45) is 0 Å². The number of esters is 1. The van der Waals surface area contributed by atoms with E-state index < -0.39 is 6.04 Å². The lowest BCUT2D eigenvalue weighted by molar-refractivity contribution is -0.141. The molecule has 0 aliphatic rings. The van der Waals surface area contributed by atoms with Gasteiger partial charge in [0.25, 0.3) is 0 Å². The van der Waals surface area contributed by atoms with Crippen molar-refractivity contribution in [2.45, 2.75) is 32.2 Å². The van der Waals surface area contributed by atoms with Gasteiger partial charge in [-0.3, -0.25) is 9.59 Å². The molecule has 0 bridgehead atoms. The first-order chi connectivity index (χ1) is 12.0. The molecule has 2 aromatic carbocycles. The van der Waals surface area contributed by atoms with Crippen LogP contribution in [-0.2, 0) is 20.7 Å². The van der Waals surface area contributed by atoms with E-state index >= 15 is 0 Å². The second-order valence-corrected chi connectivity index (χ2v) is 6.86. The molecule has 0 saturated carbocycles. The van der Waals surface area contributed by atoms with Crippen molar-refractivity contribution in [2.75, 3.05) is 7.11 Å². The molecule has 0 spiro atoms. The molecule has 1 unspecified atom stereocenters. The normalized spacial score (nSPS) is 11.6. The summed E-state index contributed by atoms with van der Waals surface area (Å²) in [6.07, 6.45) is 1.13. The lowest BCUT2D eigenvalue weighted by atomic mass is 10.0. The molecule has 4 nitrogen and oxygen atoms in total. The monoisotopic (exact) mass is 403 g/mol. The van der Waals surface area contributed by atoms with Crippen molar-refractivity contribution in [1.29, 1.82) is 0 Å². The summed E-state index contributed by atoms with van der Waals surface area (Å²) in [5.41, 5.74) is 3.18. The maximum absolute atomic E-state index is 12.3. The van der Waals surface area contributed by atoms with Crippen molar-refractivity contribution in [1.82, 2.24) is 5.32 Å². The molecule has 1 amide bonds. The van der Waals surface area contributed by atoms with Crippen LogP contribution in [-0.4, -0.2) is 19.0 Å². The average Bonchev–Trinajstić information content (AvgIpc) is 2.60. The van der Waals surface area contributed by atoms with Gasteiger partial charge in [-0.1, -0.05) is 57.9 Å². The molecule has 0 aliphatic carbocycles. The van der Waals surface area contributed by atoms with E-state index in [1.165, 1.54) is 12.7 Å². The van der Waals surface area contributed by atoms with E-state index in [0.29, 0.717) is 12.8 Å². The fourth-order valence-corrected chi connectivity index (χ4v) is 2.92. The standard InChI is InChI=1S/C20H22BrNO3/c1-14-6-8-15(9-7-14)10-11-19(23)22-18(13-20(24)25-2)16-4-3-5-17(21)12-16/h3-9,12,18H,10-11,13H2,1-2H3,(H,22,23). The number of benzene rings is 2. The largest absolute Gasteiger partial charge is 0.469 e. The lowest BCUT2D eigenvalue weighted by Crippen LogP contribution is -2.30.